The summed E-state index contributed by atoms with van der Waals surface area (Å²) < 4.78 is 33.3. The zero-order valence-corrected chi connectivity index (χ0v) is 18.5. The number of sulfonamides is 1. The fourth-order valence-electron chi connectivity index (χ4n) is 3.99. The zero-order chi connectivity index (χ0) is 21.1. The van der Waals surface area contributed by atoms with Gasteiger partial charge in [-0.1, -0.05) is 12.8 Å². The molecule has 8 nitrogen and oxygen atoms in total. The Hall–Kier alpha value is -1.62. The Balaban J connectivity index is 1.60. The third kappa shape index (κ3) is 4.51. The summed E-state index contributed by atoms with van der Waals surface area (Å²) >= 11 is 1.38. The molecule has 2 amide bonds. The molecule has 0 saturated carbocycles. The topological polar surface area (TPSA) is 87.2 Å². The molecule has 3 aliphatic rings. The Morgan fingerprint density at radius 1 is 1.03 bits per heavy atom. The van der Waals surface area contributed by atoms with Crippen molar-refractivity contribution in [1.29, 1.82) is 0 Å². The lowest BCUT2D eigenvalue weighted by Gasteiger charge is -2.33. The quantitative estimate of drug-likeness (QED) is 0.688. The number of morpholine rings is 1. The first kappa shape index (κ1) is 21.6. The molecule has 3 aliphatic heterocycles. The molecular weight excluding hydrogens is 426 g/mol. The fraction of sp³-hybridized carbons (Fsp3) is 0.600. The zero-order valence-electron chi connectivity index (χ0n) is 16.9. The molecule has 0 atom stereocenters. The first-order valence-electron chi connectivity index (χ1n) is 10.4. The monoisotopic (exact) mass is 453 g/mol. The van der Waals surface area contributed by atoms with E-state index in [0.717, 1.165) is 30.6 Å². The second-order valence-electron chi connectivity index (χ2n) is 7.71. The minimum Gasteiger partial charge on any atom is -0.378 e. The number of hydrogen-bond acceptors (Lipinski definition) is 6. The van der Waals surface area contributed by atoms with Gasteiger partial charge in [0.15, 0.2) is 0 Å². The van der Waals surface area contributed by atoms with E-state index in [1.807, 2.05) is 0 Å². The number of carbonyl (C=O) groups excluding carboxylic acids is 2. The molecule has 4 rings (SSSR count). The maximum atomic E-state index is 13.2. The smallest absolute Gasteiger partial charge is 0.243 e. The summed E-state index contributed by atoms with van der Waals surface area (Å²) in [6, 6.07) is 4.93. The summed E-state index contributed by atoms with van der Waals surface area (Å²) in [6.45, 7) is 2.95. The van der Waals surface area contributed by atoms with E-state index < -0.39 is 10.0 Å². The van der Waals surface area contributed by atoms with E-state index >= 15 is 0 Å². The Bertz CT molecular complexity index is 907. The van der Waals surface area contributed by atoms with Crippen molar-refractivity contribution in [3.63, 3.8) is 0 Å². The second kappa shape index (κ2) is 9.25. The predicted molar refractivity (Wildman–Crippen MR) is 114 cm³/mol. The fourth-order valence-corrected chi connectivity index (χ4v) is 6.45. The van der Waals surface area contributed by atoms with Gasteiger partial charge in [0.05, 0.1) is 29.5 Å². The van der Waals surface area contributed by atoms with Crippen molar-refractivity contribution in [1.82, 2.24) is 9.21 Å². The van der Waals surface area contributed by atoms with Crippen LogP contribution in [0.1, 0.15) is 25.7 Å². The van der Waals surface area contributed by atoms with Gasteiger partial charge in [0.25, 0.3) is 0 Å². The van der Waals surface area contributed by atoms with Crippen LogP contribution in [0.5, 0.6) is 0 Å². The van der Waals surface area contributed by atoms with Gasteiger partial charge in [-0.2, -0.15) is 4.31 Å². The molecule has 2 fully saturated rings. The molecule has 10 heteroatoms. The first-order valence-corrected chi connectivity index (χ1v) is 12.8. The average Bonchev–Trinajstić information content (AvgIpc) is 3.06. The van der Waals surface area contributed by atoms with Crippen molar-refractivity contribution in [2.45, 2.75) is 35.5 Å². The SMILES string of the molecule is O=C(CN1C(=O)CSc2ccc(S(=O)(=O)N3CCCCCC3)cc21)N1CCOCC1. The van der Waals surface area contributed by atoms with E-state index in [-0.39, 0.29) is 29.0 Å². The highest BCUT2D eigenvalue weighted by Gasteiger charge is 2.32. The van der Waals surface area contributed by atoms with E-state index in [1.165, 1.54) is 16.7 Å². The molecule has 1 aromatic rings. The van der Waals surface area contributed by atoms with E-state index in [1.54, 1.807) is 27.4 Å². The minimum atomic E-state index is -3.63. The van der Waals surface area contributed by atoms with Gasteiger partial charge < -0.3 is 14.5 Å². The largest absolute Gasteiger partial charge is 0.378 e. The normalized spacial score (nSPS) is 21.3. The standard InChI is InChI=1S/C20H27N3O5S2/c24-19(21-9-11-28-12-10-21)14-23-17-13-16(5-6-18(17)29-15-20(23)25)30(26,27)22-7-3-1-2-4-8-22/h5-6,13H,1-4,7-12,14-15H2. The molecule has 2 saturated heterocycles. The summed E-state index contributed by atoms with van der Waals surface area (Å²) in [6.07, 6.45) is 3.80. The van der Waals surface area contributed by atoms with Gasteiger partial charge in [0, 0.05) is 31.1 Å². The number of amides is 2. The number of nitrogens with zero attached hydrogens (tertiary/aromatic N) is 3. The molecule has 1 aromatic carbocycles. The van der Waals surface area contributed by atoms with Gasteiger partial charge in [-0.05, 0) is 31.0 Å². The minimum absolute atomic E-state index is 0.0837. The molecule has 0 aliphatic carbocycles. The van der Waals surface area contributed by atoms with Crippen LogP contribution >= 0.6 is 11.8 Å². The van der Waals surface area contributed by atoms with Gasteiger partial charge in [-0.25, -0.2) is 8.42 Å². The summed E-state index contributed by atoms with van der Waals surface area (Å²) in [4.78, 5) is 29.5. The second-order valence-corrected chi connectivity index (χ2v) is 10.7. The van der Waals surface area contributed by atoms with E-state index in [9.17, 15) is 18.0 Å². The highest BCUT2D eigenvalue weighted by Crippen LogP contribution is 2.37. The Labute approximate surface area is 181 Å². The number of hydrogen-bond donors (Lipinski definition) is 0. The van der Waals surface area contributed by atoms with Crippen LogP contribution in [0, 0.1) is 0 Å². The summed E-state index contributed by atoms with van der Waals surface area (Å²) in [5.41, 5.74) is 0.508. The van der Waals surface area contributed by atoms with Crippen LogP contribution in [0.4, 0.5) is 5.69 Å². The van der Waals surface area contributed by atoms with Crippen molar-refractivity contribution in [3.8, 4) is 0 Å². The van der Waals surface area contributed by atoms with Crippen LogP contribution in [-0.4, -0.2) is 81.1 Å². The Kier molecular flexibility index (Phi) is 6.66. The van der Waals surface area contributed by atoms with Crippen molar-refractivity contribution < 1.29 is 22.7 Å². The molecular formula is C20H27N3O5S2. The van der Waals surface area contributed by atoms with Crippen molar-refractivity contribution in [2.75, 3.05) is 56.6 Å². The van der Waals surface area contributed by atoms with Gasteiger partial charge in [-0.3, -0.25) is 9.59 Å². The molecule has 0 spiro atoms. The lowest BCUT2D eigenvalue weighted by Crippen LogP contribution is -2.48. The van der Waals surface area contributed by atoms with E-state index in [2.05, 4.69) is 0 Å². The number of benzene rings is 1. The lowest BCUT2D eigenvalue weighted by atomic mass is 10.2. The maximum absolute atomic E-state index is 13.2. The molecule has 0 N–H and O–H groups in total. The van der Waals surface area contributed by atoms with Crippen LogP contribution in [0.2, 0.25) is 0 Å². The van der Waals surface area contributed by atoms with Crippen LogP contribution in [0.25, 0.3) is 0 Å². The number of carbonyl (C=O) groups is 2. The molecule has 0 radical (unpaired) electrons. The summed E-state index contributed by atoms with van der Waals surface area (Å²) in [5.74, 6) is -0.0922. The lowest BCUT2D eigenvalue weighted by molar-refractivity contribution is -0.134. The third-order valence-electron chi connectivity index (χ3n) is 5.73. The summed E-state index contributed by atoms with van der Waals surface area (Å²) in [7, 11) is -3.63. The molecule has 164 valence electrons. The van der Waals surface area contributed by atoms with E-state index in [0.29, 0.717) is 45.1 Å². The first-order chi connectivity index (χ1) is 14.5. The number of anilines is 1. The van der Waals surface area contributed by atoms with E-state index in [4.69, 9.17) is 4.74 Å². The van der Waals surface area contributed by atoms with Gasteiger partial charge in [-0.15, -0.1) is 11.8 Å². The third-order valence-corrected chi connectivity index (χ3v) is 8.68. The average molecular weight is 454 g/mol. The highest BCUT2D eigenvalue weighted by molar-refractivity contribution is 8.00. The van der Waals surface area contributed by atoms with Gasteiger partial charge in [0.1, 0.15) is 6.54 Å². The molecule has 0 bridgehead atoms. The number of rotatable bonds is 4. The van der Waals surface area contributed by atoms with Crippen LogP contribution in [0.3, 0.4) is 0 Å². The molecule has 0 unspecified atom stereocenters. The van der Waals surface area contributed by atoms with Crippen molar-refractivity contribution >= 4 is 39.3 Å². The predicted octanol–water partition coefficient (Wildman–Crippen LogP) is 1.55. The Morgan fingerprint density at radius 2 is 1.73 bits per heavy atom. The van der Waals surface area contributed by atoms with Gasteiger partial charge >= 0.3 is 0 Å². The highest BCUT2D eigenvalue weighted by atomic mass is 32.2. The van der Waals surface area contributed by atoms with Gasteiger partial charge in [0.2, 0.25) is 21.8 Å². The molecule has 3 heterocycles. The van der Waals surface area contributed by atoms with Crippen LogP contribution in [0.15, 0.2) is 28.0 Å². The van der Waals surface area contributed by atoms with Crippen LogP contribution < -0.4 is 4.90 Å². The van der Waals surface area contributed by atoms with Crippen LogP contribution in [-0.2, 0) is 24.3 Å². The maximum Gasteiger partial charge on any atom is 0.243 e. The summed E-state index contributed by atoms with van der Waals surface area (Å²) in [5, 5.41) is 0. The van der Waals surface area contributed by atoms with Crippen molar-refractivity contribution in [3.05, 3.63) is 18.2 Å². The number of thioether (sulfide) groups is 1. The number of fused-ring (bicyclic) bond motifs is 1. The number of ether oxygens (including phenoxy) is 1. The van der Waals surface area contributed by atoms with Crippen molar-refractivity contribution in [2.24, 2.45) is 0 Å². The molecule has 30 heavy (non-hydrogen) atoms. The molecule has 0 aromatic heterocycles. The Morgan fingerprint density at radius 3 is 2.43 bits per heavy atom.